The Bertz CT molecular complexity index is 491. The normalized spacial score (nSPS) is 12.3. The van der Waals surface area contributed by atoms with E-state index in [2.05, 4.69) is 15.9 Å². The smallest absolute Gasteiger partial charge is 0.207 e. The lowest BCUT2D eigenvalue weighted by molar-refractivity contribution is 0.354. The van der Waals surface area contributed by atoms with Gasteiger partial charge in [-0.2, -0.15) is 4.31 Å². The molecule has 1 rings (SSSR count). The largest absolute Gasteiger partial charge is 0.244 e. The molecule has 0 saturated heterocycles. The van der Waals surface area contributed by atoms with E-state index < -0.39 is 10.0 Å². The van der Waals surface area contributed by atoms with Gasteiger partial charge >= 0.3 is 0 Å². The molecular weight excluding hydrogens is 338 g/mol. The molecule has 0 amide bonds. The molecule has 0 saturated carbocycles. The van der Waals surface area contributed by atoms with E-state index in [9.17, 15) is 8.42 Å². The van der Waals surface area contributed by atoms with Crippen molar-refractivity contribution in [3.63, 3.8) is 0 Å². The Morgan fingerprint density at radius 2 is 1.94 bits per heavy atom. The van der Waals surface area contributed by atoms with E-state index in [0.29, 0.717) is 28.2 Å². The Morgan fingerprint density at radius 3 is 2.44 bits per heavy atom. The predicted octanol–water partition coefficient (Wildman–Crippen LogP) is 3.48. The van der Waals surface area contributed by atoms with Crippen LogP contribution in [0.25, 0.3) is 0 Å². The summed E-state index contributed by atoms with van der Waals surface area (Å²) in [4.78, 5) is 0.299. The van der Waals surface area contributed by atoms with Gasteiger partial charge in [-0.3, -0.25) is 0 Å². The fourth-order valence-corrected chi connectivity index (χ4v) is 4.41. The molecule has 0 fully saturated rings. The highest BCUT2D eigenvalue weighted by molar-refractivity contribution is 9.10. The number of nitrogens with zero attached hydrogens (tertiary/aromatic N) is 1. The Hall–Kier alpha value is -0.100. The van der Waals surface area contributed by atoms with Crippen molar-refractivity contribution in [1.82, 2.24) is 4.31 Å². The van der Waals surface area contributed by atoms with Gasteiger partial charge in [0.25, 0.3) is 0 Å². The van der Waals surface area contributed by atoms with Crippen molar-refractivity contribution in [1.29, 1.82) is 0 Å². The van der Waals surface area contributed by atoms with Gasteiger partial charge in [-0.05, 0) is 48.3 Å². The summed E-state index contributed by atoms with van der Waals surface area (Å²) in [5, 5.41) is 0. The summed E-state index contributed by atoms with van der Waals surface area (Å²) in [5.41, 5.74) is 0. The Morgan fingerprint density at radius 1 is 1.33 bits per heavy atom. The van der Waals surface area contributed by atoms with Gasteiger partial charge in [0.05, 0.1) is 4.90 Å². The molecule has 0 bridgehead atoms. The van der Waals surface area contributed by atoms with Crippen LogP contribution in [0, 0.1) is 0 Å². The molecule has 0 radical (unpaired) electrons. The first-order valence-electron chi connectivity index (χ1n) is 5.73. The standard InChI is InChI=1S/C12H17BrClNO2S/c1-10(2)15(9-5-8-14)18(16,17)12-7-4-3-6-11(12)13/h3-4,6-7,10H,5,8-9H2,1-2H3. The van der Waals surface area contributed by atoms with Crippen LogP contribution in [-0.2, 0) is 10.0 Å². The average Bonchev–Trinajstić information content (AvgIpc) is 2.29. The third kappa shape index (κ3) is 3.70. The third-order valence-electron chi connectivity index (χ3n) is 2.51. The number of hydrogen-bond donors (Lipinski definition) is 0. The van der Waals surface area contributed by atoms with Gasteiger partial charge < -0.3 is 0 Å². The number of benzene rings is 1. The molecule has 1 aromatic carbocycles. The molecule has 0 aliphatic heterocycles. The molecule has 0 aliphatic carbocycles. The minimum Gasteiger partial charge on any atom is -0.207 e. The van der Waals surface area contributed by atoms with E-state index in [-0.39, 0.29) is 6.04 Å². The monoisotopic (exact) mass is 353 g/mol. The summed E-state index contributed by atoms with van der Waals surface area (Å²) >= 11 is 8.93. The molecule has 1 aromatic rings. The lowest BCUT2D eigenvalue weighted by atomic mass is 10.3. The first-order chi connectivity index (χ1) is 8.41. The fraction of sp³-hybridized carbons (Fsp3) is 0.500. The predicted molar refractivity (Wildman–Crippen MR) is 78.5 cm³/mol. The van der Waals surface area contributed by atoms with Gasteiger partial charge in [0.15, 0.2) is 0 Å². The summed E-state index contributed by atoms with van der Waals surface area (Å²) in [7, 11) is -3.48. The van der Waals surface area contributed by atoms with Crippen molar-refractivity contribution in [3.8, 4) is 0 Å². The van der Waals surface area contributed by atoms with Crippen LogP contribution in [0.4, 0.5) is 0 Å². The summed E-state index contributed by atoms with van der Waals surface area (Å²) in [5.74, 6) is 0.453. The zero-order valence-electron chi connectivity index (χ0n) is 10.4. The SMILES string of the molecule is CC(C)N(CCCCl)S(=O)(=O)c1ccccc1Br. The van der Waals surface area contributed by atoms with E-state index in [0.717, 1.165) is 0 Å². The Kier molecular flexibility index (Phi) is 6.11. The van der Waals surface area contributed by atoms with Crippen LogP contribution in [0.15, 0.2) is 33.6 Å². The summed E-state index contributed by atoms with van der Waals surface area (Å²) in [6.07, 6.45) is 0.642. The molecule has 0 N–H and O–H groups in total. The maximum atomic E-state index is 12.6. The van der Waals surface area contributed by atoms with Gasteiger partial charge in [0.2, 0.25) is 10.0 Å². The highest BCUT2D eigenvalue weighted by atomic mass is 79.9. The van der Waals surface area contributed by atoms with E-state index in [1.165, 1.54) is 4.31 Å². The highest BCUT2D eigenvalue weighted by Gasteiger charge is 2.27. The van der Waals surface area contributed by atoms with Gasteiger partial charge in [-0.1, -0.05) is 12.1 Å². The molecule has 0 heterocycles. The maximum Gasteiger partial charge on any atom is 0.244 e. The molecule has 0 unspecified atom stereocenters. The van der Waals surface area contributed by atoms with Crippen LogP contribution in [0.1, 0.15) is 20.3 Å². The number of hydrogen-bond acceptors (Lipinski definition) is 2. The lowest BCUT2D eigenvalue weighted by Gasteiger charge is -2.26. The highest BCUT2D eigenvalue weighted by Crippen LogP contribution is 2.26. The van der Waals surface area contributed by atoms with E-state index in [1.807, 2.05) is 13.8 Å². The van der Waals surface area contributed by atoms with Crippen molar-refractivity contribution in [2.75, 3.05) is 12.4 Å². The first kappa shape index (κ1) is 16.0. The third-order valence-corrected chi connectivity index (χ3v) is 5.87. The van der Waals surface area contributed by atoms with Crippen LogP contribution in [0.3, 0.4) is 0 Å². The molecule has 6 heteroatoms. The number of sulfonamides is 1. The van der Waals surface area contributed by atoms with Crippen LogP contribution in [0.2, 0.25) is 0 Å². The first-order valence-corrected chi connectivity index (χ1v) is 8.50. The van der Waals surface area contributed by atoms with Crippen molar-refractivity contribution >= 4 is 37.6 Å². The number of rotatable bonds is 6. The van der Waals surface area contributed by atoms with Crippen molar-refractivity contribution in [3.05, 3.63) is 28.7 Å². The maximum absolute atomic E-state index is 12.6. The Balaban J connectivity index is 3.14. The minimum atomic E-state index is -3.48. The molecule has 102 valence electrons. The van der Waals surface area contributed by atoms with Gasteiger partial charge in [-0.15, -0.1) is 11.6 Å². The van der Waals surface area contributed by atoms with Crippen LogP contribution < -0.4 is 0 Å². The summed E-state index contributed by atoms with van der Waals surface area (Å²) in [6.45, 7) is 4.16. The molecule has 0 aromatic heterocycles. The van der Waals surface area contributed by atoms with Gasteiger partial charge in [0.1, 0.15) is 0 Å². The molecule has 0 aliphatic rings. The van der Waals surface area contributed by atoms with Gasteiger partial charge in [0, 0.05) is 22.9 Å². The molecule has 0 spiro atoms. The number of halogens is 2. The van der Waals surface area contributed by atoms with Crippen LogP contribution in [-0.4, -0.2) is 31.2 Å². The van der Waals surface area contributed by atoms with Crippen LogP contribution in [0.5, 0.6) is 0 Å². The van der Waals surface area contributed by atoms with Gasteiger partial charge in [-0.25, -0.2) is 8.42 Å². The second kappa shape index (κ2) is 6.89. The summed E-state index contributed by atoms with van der Waals surface area (Å²) in [6, 6.07) is 6.76. The quantitative estimate of drug-likeness (QED) is 0.733. The van der Waals surface area contributed by atoms with Crippen molar-refractivity contribution in [2.45, 2.75) is 31.2 Å². The molecular formula is C12H17BrClNO2S. The molecule has 0 atom stereocenters. The van der Waals surface area contributed by atoms with Crippen LogP contribution >= 0.6 is 27.5 Å². The second-order valence-corrected chi connectivity index (χ2v) is 7.27. The second-order valence-electron chi connectivity index (χ2n) is 4.18. The van der Waals surface area contributed by atoms with Crippen molar-refractivity contribution in [2.24, 2.45) is 0 Å². The zero-order chi connectivity index (χ0) is 13.8. The number of alkyl halides is 1. The fourth-order valence-electron chi connectivity index (χ4n) is 1.65. The minimum absolute atomic E-state index is 0.0923. The molecule has 18 heavy (non-hydrogen) atoms. The van der Waals surface area contributed by atoms with Crippen molar-refractivity contribution < 1.29 is 8.42 Å². The Labute approximate surface area is 122 Å². The van der Waals surface area contributed by atoms with E-state index >= 15 is 0 Å². The average molecular weight is 355 g/mol. The molecule has 3 nitrogen and oxygen atoms in total. The lowest BCUT2D eigenvalue weighted by Crippen LogP contribution is -2.38. The topological polar surface area (TPSA) is 37.4 Å². The van der Waals surface area contributed by atoms with E-state index in [1.54, 1.807) is 24.3 Å². The zero-order valence-corrected chi connectivity index (χ0v) is 13.6. The van der Waals surface area contributed by atoms with E-state index in [4.69, 9.17) is 11.6 Å². The summed E-state index contributed by atoms with van der Waals surface area (Å²) < 4.78 is 27.2.